The summed E-state index contributed by atoms with van der Waals surface area (Å²) in [4.78, 5) is 0. The molecular weight excluding hydrogens is 266 g/mol. The minimum atomic E-state index is 0.830. The Morgan fingerprint density at radius 2 is 1.77 bits per heavy atom. The molecule has 0 fully saturated rings. The van der Waals surface area contributed by atoms with E-state index in [2.05, 4.69) is 56.9 Å². The normalized spacial score (nSPS) is 10.9. The van der Waals surface area contributed by atoms with Crippen molar-refractivity contribution in [3.05, 3.63) is 42.0 Å². The van der Waals surface area contributed by atoms with Crippen LogP contribution in [0.1, 0.15) is 76.8 Å². The number of unbranched alkanes of at least 4 members (excludes halogenated alkanes) is 2. The van der Waals surface area contributed by atoms with Crippen LogP contribution in [-0.4, -0.2) is 6.54 Å². The van der Waals surface area contributed by atoms with Crippen molar-refractivity contribution in [3.8, 4) is 0 Å². The molecule has 1 heteroatoms. The molecule has 0 aliphatic heterocycles. The molecule has 1 N–H and O–H groups in total. The zero-order valence-electron chi connectivity index (χ0n) is 15.0. The average molecular weight is 302 g/mol. The summed E-state index contributed by atoms with van der Waals surface area (Å²) in [6, 6.07) is 8.95. The van der Waals surface area contributed by atoms with Crippen molar-refractivity contribution < 1.29 is 0 Å². The van der Waals surface area contributed by atoms with Gasteiger partial charge in [-0.25, -0.2) is 0 Å². The summed E-state index contributed by atoms with van der Waals surface area (Å²) >= 11 is 0. The Balaban J connectivity index is 2.58. The molecule has 0 unspecified atom stereocenters. The first-order chi connectivity index (χ1) is 10.7. The highest BCUT2D eigenvalue weighted by Crippen LogP contribution is 2.21. The summed E-state index contributed by atoms with van der Waals surface area (Å²) in [6.45, 7) is 12.1. The molecule has 0 saturated carbocycles. The molecule has 0 amide bonds. The fraction of sp³-hybridized carbons (Fsp3) is 0.619. The van der Waals surface area contributed by atoms with Crippen LogP contribution in [0.2, 0.25) is 0 Å². The summed E-state index contributed by atoms with van der Waals surface area (Å²) in [5.74, 6) is 0.830. The lowest BCUT2D eigenvalue weighted by Gasteiger charge is -2.16. The fourth-order valence-corrected chi connectivity index (χ4v) is 3.10. The number of benzene rings is 1. The number of rotatable bonds is 12. The number of hydrogen-bond acceptors (Lipinski definition) is 1. The van der Waals surface area contributed by atoms with Crippen LogP contribution in [0.4, 0.5) is 0 Å². The predicted molar refractivity (Wildman–Crippen MR) is 100 cm³/mol. The molecule has 1 aromatic carbocycles. The summed E-state index contributed by atoms with van der Waals surface area (Å²) < 4.78 is 0. The third-order valence-electron chi connectivity index (χ3n) is 4.31. The van der Waals surface area contributed by atoms with Crippen LogP contribution >= 0.6 is 0 Å². The van der Waals surface area contributed by atoms with Crippen molar-refractivity contribution in [2.75, 3.05) is 6.54 Å². The van der Waals surface area contributed by atoms with Gasteiger partial charge in [0.25, 0.3) is 0 Å². The highest BCUT2D eigenvalue weighted by molar-refractivity contribution is 5.62. The molecule has 0 radical (unpaired) electrons. The second kappa shape index (κ2) is 11.3. The zero-order valence-corrected chi connectivity index (χ0v) is 15.0. The van der Waals surface area contributed by atoms with Gasteiger partial charge in [-0.15, -0.1) is 0 Å². The first-order valence-corrected chi connectivity index (χ1v) is 9.23. The maximum atomic E-state index is 4.20. The van der Waals surface area contributed by atoms with Gasteiger partial charge in [0.1, 0.15) is 0 Å². The highest BCUT2D eigenvalue weighted by atomic mass is 14.9. The van der Waals surface area contributed by atoms with E-state index in [4.69, 9.17) is 0 Å². The van der Waals surface area contributed by atoms with E-state index in [0.717, 1.165) is 18.2 Å². The van der Waals surface area contributed by atoms with Gasteiger partial charge in [-0.1, -0.05) is 84.1 Å². The van der Waals surface area contributed by atoms with Crippen molar-refractivity contribution in [2.24, 2.45) is 5.92 Å². The van der Waals surface area contributed by atoms with E-state index in [1.54, 1.807) is 0 Å². The average Bonchev–Trinajstić information content (AvgIpc) is 2.52. The van der Waals surface area contributed by atoms with Crippen LogP contribution in [0, 0.1) is 5.92 Å². The SMILES string of the molecule is C=C(NCCCCC)c1cccc(CC(CCC)CCC)c1. The minimum absolute atomic E-state index is 0.830. The second-order valence-corrected chi connectivity index (χ2v) is 6.46. The van der Waals surface area contributed by atoms with Crippen molar-refractivity contribution in [1.82, 2.24) is 5.32 Å². The minimum Gasteiger partial charge on any atom is -0.385 e. The number of nitrogens with one attached hydrogen (secondary N) is 1. The molecule has 0 spiro atoms. The monoisotopic (exact) mass is 301 g/mol. The van der Waals surface area contributed by atoms with E-state index < -0.39 is 0 Å². The molecular formula is C21H35N. The van der Waals surface area contributed by atoms with Crippen LogP contribution in [0.15, 0.2) is 30.8 Å². The van der Waals surface area contributed by atoms with Gasteiger partial charge in [0.2, 0.25) is 0 Å². The van der Waals surface area contributed by atoms with Gasteiger partial charge >= 0.3 is 0 Å². The second-order valence-electron chi connectivity index (χ2n) is 6.46. The first kappa shape index (κ1) is 18.8. The van der Waals surface area contributed by atoms with Crippen molar-refractivity contribution >= 4 is 5.70 Å². The lowest BCUT2D eigenvalue weighted by molar-refractivity contribution is 0.438. The molecule has 0 heterocycles. The van der Waals surface area contributed by atoms with Gasteiger partial charge in [-0.3, -0.25) is 0 Å². The molecule has 124 valence electrons. The van der Waals surface area contributed by atoms with Crippen molar-refractivity contribution in [1.29, 1.82) is 0 Å². The van der Waals surface area contributed by atoms with Gasteiger partial charge in [-0.2, -0.15) is 0 Å². The molecule has 1 rings (SSSR count). The number of hydrogen-bond donors (Lipinski definition) is 1. The summed E-state index contributed by atoms with van der Waals surface area (Å²) in [7, 11) is 0. The van der Waals surface area contributed by atoms with E-state index >= 15 is 0 Å². The summed E-state index contributed by atoms with van der Waals surface area (Å²) in [5, 5.41) is 3.47. The Bertz CT molecular complexity index is 416. The summed E-state index contributed by atoms with van der Waals surface area (Å²) in [6.07, 6.45) is 10.2. The van der Waals surface area contributed by atoms with Gasteiger partial charge in [0.15, 0.2) is 0 Å². The van der Waals surface area contributed by atoms with Crippen LogP contribution in [-0.2, 0) is 6.42 Å². The summed E-state index contributed by atoms with van der Waals surface area (Å²) in [5.41, 5.74) is 3.78. The maximum absolute atomic E-state index is 4.20. The van der Waals surface area contributed by atoms with E-state index in [0.29, 0.717) is 0 Å². The van der Waals surface area contributed by atoms with Crippen LogP contribution < -0.4 is 5.32 Å². The van der Waals surface area contributed by atoms with E-state index in [9.17, 15) is 0 Å². The Kier molecular flexibility index (Phi) is 9.70. The van der Waals surface area contributed by atoms with Gasteiger partial charge < -0.3 is 5.32 Å². The van der Waals surface area contributed by atoms with E-state index in [1.807, 2.05) is 0 Å². The smallest absolute Gasteiger partial charge is 0.0340 e. The molecule has 0 bridgehead atoms. The van der Waals surface area contributed by atoms with Crippen LogP contribution in [0.5, 0.6) is 0 Å². The van der Waals surface area contributed by atoms with E-state index in [1.165, 1.54) is 62.5 Å². The third-order valence-corrected chi connectivity index (χ3v) is 4.31. The van der Waals surface area contributed by atoms with Crippen molar-refractivity contribution in [3.63, 3.8) is 0 Å². The van der Waals surface area contributed by atoms with E-state index in [-0.39, 0.29) is 0 Å². The highest BCUT2D eigenvalue weighted by Gasteiger charge is 2.09. The van der Waals surface area contributed by atoms with Gasteiger partial charge in [0, 0.05) is 12.2 Å². The molecule has 0 atom stereocenters. The Morgan fingerprint density at radius 1 is 1.05 bits per heavy atom. The Labute approximate surface area is 138 Å². The third kappa shape index (κ3) is 7.15. The molecule has 0 aliphatic carbocycles. The Hall–Kier alpha value is -1.24. The quantitative estimate of drug-likeness (QED) is 0.453. The van der Waals surface area contributed by atoms with Crippen molar-refractivity contribution in [2.45, 2.75) is 72.1 Å². The standard InChI is InChI=1S/C21H35N/c1-5-8-9-15-22-18(4)21-14-10-13-20(17-21)16-19(11-6-2)12-7-3/h10,13-14,17,19,22H,4-9,11-12,15-16H2,1-3H3. The van der Waals surface area contributed by atoms with Gasteiger partial charge in [-0.05, 0) is 36.0 Å². The topological polar surface area (TPSA) is 12.0 Å². The molecule has 22 heavy (non-hydrogen) atoms. The molecule has 0 saturated heterocycles. The zero-order chi connectivity index (χ0) is 16.2. The predicted octanol–water partition coefficient (Wildman–Crippen LogP) is 6.20. The Morgan fingerprint density at radius 3 is 2.41 bits per heavy atom. The molecule has 0 aliphatic rings. The molecule has 0 aromatic heterocycles. The molecule has 1 nitrogen and oxygen atoms in total. The largest absolute Gasteiger partial charge is 0.385 e. The lowest BCUT2D eigenvalue weighted by atomic mass is 9.90. The fourth-order valence-electron chi connectivity index (χ4n) is 3.10. The van der Waals surface area contributed by atoms with Gasteiger partial charge in [0.05, 0.1) is 0 Å². The lowest BCUT2D eigenvalue weighted by Crippen LogP contribution is -2.13. The maximum Gasteiger partial charge on any atom is 0.0340 e. The van der Waals surface area contributed by atoms with Crippen LogP contribution in [0.3, 0.4) is 0 Å². The van der Waals surface area contributed by atoms with Crippen LogP contribution in [0.25, 0.3) is 5.70 Å². The molecule has 1 aromatic rings. The first-order valence-electron chi connectivity index (χ1n) is 9.23.